The number of rotatable bonds is 9. The van der Waals surface area contributed by atoms with E-state index in [0.29, 0.717) is 41.8 Å². The molecular weight excluding hydrogens is 516 g/mol. The van der Waals surface area contributed by atoms with Gasteiger partial charge in [-0.2, -0.15) is 9.19 Å². The molecule has 4 aromatic rings. The van der Waals surface area contributed by atoms with Crippen molar-refractivity contribution >= 4 is 39.4 Å². The van der Waals surface area contributed by atoms with E-state index < -0.39 is 11.0 Å². The van der Waals surface area contributed by atoms with Gasteiger partial charge in [0.1, 0.15) is 22.6 Å². The number of fused-ring (bicyclic) bond motifs is 1. The van der Waals surface area contributed by atoms with Crippen LogP contribution in [0.25, 0.3) is 22.3 Å². The first-order valence-corrected chi connectivity index (χ1v) is 14.6. The molecular formula is C27H32N8O3S. The van der Waals surface area contributed by atoms with E-state index in [1.54, 1.807) is 30.9 Å². The Bertz CT molecular complexity index is 1520. The van der Waals surface area contributed by atoms with Crippen LogP contribution in [0, 0.1) is 0 Å². The third-order valence-electron chi connectivity index (χ3n) is 7.31. The van der Waals surface area contributed by atoms with Crippen LogP contribution < -0.4 is 10.6 Å². The van der Waals surface area contributed by atoms with Gasteiger partial charge in [0, 0.05) is 55.3 Å². The summed E-state index contributed by atoms with van der Waals surface area (Å²) in [5, 5.41) is 11.7. The van der Waals surface area contributed by atoms with E-state index in [0.717, 1.165) is 43.0 Å². The summed E-state index contributed by atoms with van der Waals surface area (Å²) < 4.78 is 21.5. The number of carbonyl (C=O) groups excluding carboxylic acids is 1. The van der Waals surface area contributed by atoms with Crippen molar-refractivity contribution in [2.45, 2.75) is 63.3 Å². The molecule has 2 fully saturated rings. The molecule has 204 valence electrons. The SMILES string of the molecule is CCC(C)n1cc(C(=O)NC2CCOCC2)c2cnc(Nc3ccnc(-c4cnn(S(=O)C5CC5)c4)n3)cc21. The second kappa shape index (κ2) is 10.9. The van der Waals surface area contributed by atoms with E-state index in [2.05, 4.69) is 49.1 Å². The number of hydrogen-bond donors (Lipinski definition) is 2. The Morgan fingerprint density at radius 1 is 1.15 bits per heavy atom. The molecule has 2 aliphatic rings. The smallest absolute Gasteiger partial charge is 0.253 e. The van der Waals surface area contributed by atoms with E-state index in [4.69, 9.17) is 4.74 Å². The lowest BCUT2D eigenvalue weighted by atomic mass is 10.1. The molecule has 39 heavy (non-hydrogen) atoms. The molecule has 0 aromatic carbocycles. The molecule has 2 atom stereocenters. The number of carbonyl (C=O) groups is 1. The highest BCUT2D eigenvalue weighted by Gasteiger charge is 2.30. The van der Waals surface area contributed by atoms with Crippen LogP contribution in [-0.4, -0.2) is 63.3 Å². The normalized spacial score (nSPS) is 17.7. The van der Waals surface area contributed by atoms with Crippen LogP contribution in [0.1, 0.15) is 62.4 Å². The maximum absolute atomic E-state index is 13.2. The molecule has 2 unspecified atom stereocenters. The Kier molecular flexibility index (Phi) is 7.13. The third-order valence-corrected chi connectivity index (χ3v) is 8.92. The quantitative estimate of drug-likeness (QED) is 0.321. The van der Waals surface area contributed by atoms with Gasteiger partial charge in [-0.15, -0.1) is 0 Å². The summed E-state index contributed by atoms with van der Waals surface area (Å²) >= 11 is 0. The van der Waals surface area contributed by atoms with E-state index >= 15 is 0 Å². The minimum Gasteiger partial charge on any atom is -0.381 e. The zero-order valence-electron chi connectivity index (χ0n) is 22.0. The van der Waals surface area contributed by atoms with Crippen LogP contribution in [0.2, 0.25) is 0 Å². The topological polar surface area (TPSA) is 129 Å². The molecule has 6 rings (SSSR count). The fourth-order valence-corrected chi connectivity index (χ4v) is 5.90. The van der Waals surface area contributed by atoms with Crippen molar-refractivity contribution in [1.82, 2.24) is 34.0 Å². The number of amides is 1. The average molecular weight is 549 g/mol. The molecule has 5 heterocycles. The van der Waals surface area contributed by atoms with Gasteiger partial charge in [-0.3, -0.25) is 4.79 Å². The van der Waals surface area contributed by atoms with Crippen molar-refractivity contribution < 1.29 is 13.7 Å². The number of nitrogens with zero attached hydrogens (tertiary/aromatic N) is 6. The minimum atomic E-state index is -1.15. The Balaban J connectivity index is 1.25. The summed E-state index contributed by atoms with van der Waals surface area (Å²) in [6.07, 6.45) is 13.2. The van der Waals surface area contributed by atoms with Crippen molar-refractivity contribution in [1.29, 1.82) is 0 Å². The van der Waals surface area contributed by atoms with Gasteiger partial charge in [0.25, 0.3) is 5.91 Å². The molecule has 11 nitrogen and oxygen atoms in total. The molecule has 1 aliphatic carbocycles. The van der Waals surface area contributed by atoms with Gasteiger partial charge in [0.05, 0.1) is 34.3 Å². The molecule has 1 saturated carbocycles. The molecule has 2 N–H and O–H groups in total. The van der Waals surface area contributed by atoms with Crippen molar-refractivity contribution in [2.24, 2.45) is 0 Å². The molecule has 0 bridgehead atoms. The largest absolute Gasteiger partial charge is 0.381 e. The summed E-state index contributed by atoms with van der Waals surface area (Å²) in [6, 6.07) is 4.04. The predicted octanol–water partition coefficient (Wildman–Crippen LogP) is 3.99. The summed E-state index contributed by atoms with van der Waals surface area (Å²) in [5.74, 6) is 1.58. The first kappa shape index (κ1) is 25.6. The van der Waals surface area contributed by atoms with Crippen LogP contribution in [0.5, 0.6) is 0 Å². The van der Waals surface area contributed by atoms with E-state index in [1.807, 2.05) is 12.3 Å². The molecule has 1 aliphatic heterocycles. The maximum Gasteiger partial charge on any atom is 0.253 e. The highest BCUT2D eigenvalue weighted by Crippen LogP contribution is 2.30. The van der Waals surface area contributed by atoms with Gasteiger partial charge in [-0.25, -0.2) is 19.2 Å². The Morgan fingerprint density at radius 2 is 1.97 bits per heavy atom. The summed E-state index contributed by atoms with van der Waals surface area (Å²) in [7, 11) is -1.15. The van der Waals surface area contributed by atoms with Crippen LogP contribution >= 0.6 is 0 Å². The monoisotopic (exact) mass is 548 g/mol. The Hall–Kier alpha value is -3.64. The highest BCUT2D eigenvalue weighted by atomic mass is 32.2. The predicted molar refractivity (Wildman–Crippen MR) is 149 cm³/mol. The van der Waals surface area contributed by atoms with E-state index in [9.17, 15) is 9.00 Å². The van der Waals surface area contributed by atoms with Gasteiger partial charge in [-0.05, 0) is 45.1 Å². The van der Waals surface area contributed by atoms with E-state index in [1.165, 1.54) is 4.09 Å². The zero-order valence-corrected chi connectivity index (χ0v) is 22.9. The number of pyridine rings is 1. The lowest BCUT2D eigenvalue weighted by Crippen LogP contribution is -2.38. The zero-order chi connectivity index (χ0) is 26.9. The minimum absolute atomic E-state index is 0.0833. The second-order valence-corrected chi connectivity index (χ2v) is 11.7. The van der Waals surface area contributed by atoms with Gasteiger partial charge in [0.2, 0.25) is 0 Å². The number of nitrogens with one attached hydrogen (secondary N) is 2. The molecule has 1 saturated heterocycles. The van der Waals surface area contributed by atoms with Gasteiger partial charge in [0.15, 0.2) is 5.82 Å². The summed E-state index contributed by atoms with van der Waals surface area (Å²) in [6.45, 7) is 5.61. The molecule has 4 aromatic heterocycles. The lowest BCUT2D eigenvalue weighted by Gasteiger charge is -2.22. The molecule has 12 heteroatoms. The van der Waals surface area contributed by atoms with E-state index in [-0.39, 0.29) is 23.2 Å². The lowest BCUT2D eigenvalue weighted by molar-refractivity contribution is 0.0697. The van der Waals surface area contributed by atoms with Crippen LogP contribution in [-0.2, 0) is 15.7 Å². The average Bonchev–Trinajstić information content (AvgIpc) is 3.56. The van der Waals surface area contributed by atoms with Gasteiger partial charge in [-0.1, -0.05) is 6.92 Å². The molecule has 0 radical (unpaired) electrons. The number of ether oxygens (including phenoxy) is 1. The molecule has 0 spiro atoms. The Labute approximate surface area is 229 Å². The van der Waals surface area contributed by atoms with Crippen molar-refractivity contribution in [2.75, 3.05) is 18.5 Å². The Morgan fingerprint density at radius 3 is 2.74 bits per heavy atom. The first-order chi connectivity index (χ1) is 19.0. The maximum atomic E-state index is 13.2. The number of hydrogen-bond acceptors (Lipinski definition) is 8. The van der Waals surface area contributed by atoms with Crippen molar-refractivity contribution in [3.05, 3.63) is 48.7 Å². The highest BCUT2D eigenvalue weighted by molar-refractivity contribution is 7.84. The number of anilines is 2. The first-order valence-electron chi connectivity index (χ1n) is 13.5. The molecule has 1 amide bonds. The van der Waals surface area contributed by atoms with Crippen molar-refractivity contribution in [3.63, 3.8) is 0 Å². The summed E-state index contributed by atoms with van der Waals surface area (Å²) in [4.78, 5) is 26.8. The fourth-order valence-electron chi connectivity index (χ4n) is 4.70. The van der Waals surface area contributed by atoms with Gasteiger partial charge >= 0.3 is 0 Å². The third kappa shape index (κ3) is 5.44. The summed E-state index contributed by atoms with van der Waals surface area (Å²) in [5.41, 5.74) is 2.25. The van der Waals surface area contributed by atoms with Crippen LogP contribution in [0.4, 0.5) is 11.6 Å². The van der Waals surface area contributed by atoms with Crippen LogP contribution in [0.3, 0.4) is 0 Å². The fraction of sp³-hybridized carbons (Fsp3) is 0.444. The number of aromatic nitrogens is 6. The standard InChI is InChI=1S/C27H32N8O3S/c1-3-17(2)34-16-22(27(36)31-19-7-10-38-11-8-19)21-14-29-25(12-23(21)34)32-24-6-9-28-26(33-24)18-13-30-35(15-18)39(37)20-4-5-20/h6,9,12-17,19-20H,3-5,7-8,10-11H2,1-2H3,(H,31,36)(H,28,29,32,33). The second-order valence-electron chi connectivity index (χ2n) is 10.2. The van der Waals surface area contributed by atoms with Gasteiger partial charge < -0.3 is 19.9 Å². The van der Waals surface area contributed by atoms with Crippen molar-refractivity contribution in [3.8, 4) is 11.4 Å². The van der Waals surface area contributed by atoms with Crippen LogP contribution in [0.15, 0.2) is 43.1 Å².